The third-order valence-corrected chi connectivity index (χ3v) is 3.00. The van der Waals surface area contributed by atoms with Gasteiger partial charge in [0.15, 0.2) is 0 Å². The topological polar surface area (TPSA) is 44.7 Å². The second kappa shape index (κ2) is 5.96. The van der Waals surface area contributed by atoms with Gasteiger partial charge in [-0.15, -0.1) is 0 Å². The largest absolute Gasteiger partial charge is 0.396 e. The Labute approximate surface area is 99.0 Å². The number of rotatable bonds is 5. The van der Waals surface area contributed by atoms with Crippen LogP contribution < -0.4 is 5.32 Å². The fourth-order valence-electron chi connectivity index (χ4n) is 2.52. The lowest BCUT2D eigenvalue weighted by Gasteiger charge is -2.42. The average molecular weight is 230 g/mol. The van der Waals surface area contributed by atoms with Gasteiger partial charge >= 0.3 is 0 Å². The lowest BCUT2D eigenvalue weighted by atomic mass is 10.0. The van der Waals surface area contributed by atoms with E-state index in [1.807, 2.05) is 7.05 Å². The van der Waals surface area contributed by atoms with Gasteiger partial charge in [0.05, 0.1) is 11.7 Å². The minimum atomic E-state index is -0.0603. The smallest absolute Gasteiger partial charge is 0.0757 e. The molecule has 0 aromatic rings. The van der Waals surface area contributed by atoms with E-state index in [2.05, 4.69) is 31.0 Å². The summed E-state index contributed by atoms with van der Waals surface area (Å²) in [5.74, 6) is 0. The molecule has 0 spiro atoms. The van der Waals surface area contributed by atoms with Gasteiger partial charge in [0, 0.05) is 32.3 Å². The first-order chi connectivity index (χ1) is 7.46. The number of aliphatic hydroxyl groups is 1. The Kier molecular flexibility index (Phi) is 5.18. The third kappa shape index (κ3) is 4.37. The standard InChI is InChI=1S/C12H26N2O2/c1-10-7-14(9-12(2,3)16-10)8-11(13-4)5-6-15/h10-11,13,15H,5-9H2,1-4H3. The summed E-state index contributed by atoms with van der Waals surface area (Å²) < 4.78 is 5.87. The third-order valence-electron chi connectivity index (χ3n) is 3.00. The second-order valence-corrected chi connectivity index (χ2v) is 5.38. The maximum absolute atomic E-state index is 8.97. The fraction of sp³-hybridized carbons (Fsp3) is 1.00. The minimum Gasteiger partial charge on any atom is -0.396 e. The number of nitrogens with one attached hydrogen (secondary N) is 1. The number of ether oxygens (including phenoxy) is 1. The Morgan fingerprint density at radius 2 is 2.25 bits per heavy atom. The van der Waals surface area contributed by atoms with Gasteiger partial charge in [-0.25, -0.2) is 0 Å². The van der Waals surface area contributed by atoms with Crippen molar-refractivity contribution in [2.45, 2.75) is 44.9 Å². The SMILES string of the molecule is CNC(CCO)CN1CC(C)OC(C)(C)C1. The molecule has 1 aliphatic heterocycles. The molecule has 1 fully saturated rings. The number of hydrogen-bond donors (Lipinski definition) is 2. The molecule has 0 amide bonds. The van der Waals surface area contributed by atoms with Crippen molar-refractivity contribution in [3.8, 4) is 0 Å². The minimum absolute atomic E-state index is 0.0603. The van der Waals surface area contributed by atoms with Crippen molar-refractivity contribution in [3.63, 3.8) is 0 Å². The summed E-state index contributed by atoms with van der Waals surface area (Å²) in [5, 5.41) is 12.2. The zero-order chi connectivity index (χ0) is 12.2. The van der Waals surface area contributed by atoms with E-state index >= 15 is 0 Å². The summed E-state index contributed by atoms with van der Waals surface area (Å²) in [6, 6.07) is 0.367. The van der Waals surface area contributed by atoms with E-state index in [-0.39, 0.29) is 18.3 Å². The van der Waals surface area contributed by atoms with E-state index in [1.165, 1.54) is 0 Å². The normalized spacial score (nSPS) is 27.9. The van der Waals surface area contributed by atoms with Crippen molar-refractivity contribution in [1.29, 1.82) is 0 Å². The van der Waals surface area contributed by atoms with Crippen LogP contribution in [0.25, 0.3) is 0 Å². The number of nitrogens with zero attached hydrogens (tertiary/aromatic N) is 1. The molecule has 2 unspecified atom stereocenters. The first kappa shape index (κ1) is 13.9. The average Bonchev–Trinajstić information content (AvgIpc) is 2.13. The van der Waals surface area contributed by atoms with Crippen molar-refractivity contribution < 1.29 is 9.84 Å². The van der Waals surface area contributed by atoms with Crippen LogP contribution in [0.15, 0.2) is 0 Å². The molecule has 1 heterocycles. The molecule has 0 aromatic carbocycles. The van der Waals surface area contributed by atoms with Gasteiger partial charge in [0.2, 0.25) is 0 Å². The van der Waals surface area contributed by atoms with Crippen molar-refractivity contribution >= 4 is 0 Å². The molecule has 16 heavy (non-hydrogen) atoms. The quantitative estimate of drug-likeness (QED) is 0.720. The molecule has 4 heteroatoms. The van der Waals surface area contributed by atoms with Gasteiger partial charge in [-0.2, -0.15) is 0 Å². The summed E-state index contributed by atoms with van der Waals surface area (Å²) in [6.07, 6.45) is 1.10. The highest BCUT2D eigenvalue weighted by atomic mass is 16.5. The second-order valence-electron chi connectivity index (χ2n) is 5.38. The van der Waals surface area contributed by atoms with E-state index in [0.29, 0.717) is 6.04 Å². The van der Waals surface area contributed by atoms with Crippen LogP contribution in [0.4, 0.5) is 0 Å². The highest BCUT2D eigenvalue weighted by molar-refractivity contribution is 4.84. The monoisotopic (exact) mass is 230 g/mol. The van der Waals surface area contributed by atoms with Gasteiger partial charge in [-0.05, 0) is 34.2 Å². The maximum atomic E-state index is 8.97. The van der Waals surface area contributed by atoms with Crippen LogP contribution in [0, 0.1) is 0 Å². The molecule has 1 saturated heterocycles. The predicted octanol–water partition coefficient (Wildman–Crippen LogP) is 0.456. The summed E-state index contributed by atoms with van der Waals surface area (Å²) in [4.78, 5) is 2.42. The molecular weight excluding hydrogens is 204 g/mol. The molecule has 0 aromatic heterocycles. The van der Waals surface area contributed by atoms with Crippen molar-refractivity contribution in [2.75, 3.05) is 33.3 Å². The molecular formula is C12H26N2O2. The lowest BCUT2D eigenvalue weighted by molar-refractivity contribution is -0.130. The van der Waals surface area contributed by atoms with Crippen LogP contribution in [0.2, 0.25) is 0 Å². The summed E-state index contributed by atoms with van der Waals surface area (Å²) in [6.45, 7) is 9.55. The molecule has 0 bridgehead atoms. The maximum Gasteiger partial charge on any atom is 0.0757 e. The number of morpholine rings is 1. The van der Waals surface area contributed by atoms with Gasteiger partial charge in [0.1, 0.15) is 0 Å². The van der Waals surface area contributed by atoms with Crippen molar-refractivity contribution in [3.05, 3.63) is 0 Å². The van der Waals surface area contributed by atoms with E-state index < -0.39 is 0 Å². The Morgan fingerprint density at radius 1 is 1.56 bits per heavy atom. The molecule has 2 atom stereocenters. The molecule has 0 radical (unpaired) electrons. The van der Waals surface area contributed by atoms with Crippen LogP contribution in [-0.2, 0) is 4.74 Å². The Morgan fingerprint density at radius 3 is 2.75 bits per heavy atom. The van der Waals surface area contributed by atoms with Gasteiger partial charge in [0.25, 0.3) is 0 Å². The summed E-state index contributed by atoms with van der Waals surface area (Å²) in [7, 11) is 1.95. The Balaban J connectivity index is 2.46. The zero-order valence-electron chi connectivity index (χ0n) is 11.0. The molecule has 0 saturated carbocycles. The highest BCUT2D eigenvalue weighted by Crippen LogP contribution is 2.20. The van der Waals surface area contributed by atoms with Crippen LogP contribution in [-0.4, -0.2) is 61.0 Å². The molecule has 96 valence electrons. The highest BCUT2D eigenvalue weighted by Gasteiger charge is 2.31. The van der Waals surface area contributed by atoms with E-state index in [0.717, 1.165) is 26.1 Å². The van der Waals surface area contributed by atoms with E-state index in [4.69, 9.17) is 9.84 Å². The molecule has 0 aliphatic carbocycles. The fourth-order valence-corrected chi connectivity index (χ4v) is 2.52. The van der Waals surface area contributed by atoms with Crippen LogP contribution >= 0.6 is 0 Å². The van der Waals surface area contributed by atoms with Gasteiger partial charge in [-0.3, -0.25) is 4.90 Å². The number of aliphatic hydroxyl groups excluding tert-OH is 1. The summed E-state index contributed by atoms with van der Waals surface area (Å²) in [5.41, 5.74) is -0.0603. The summed E-state index contributed by atoms with van der Waals surface area (Å²) >= 11 is 0. The molecule has 4 nitrogen and oxygen atoms in total. The molecule has 2 N–H and O–H groups in total. The zero-order valence-corrected chi connectivity index (χ0v) is 11.0. The lowest BCUT2D eigenvalue weighted by Crippen LogP contribution is -2.54. The number of likely N-dealkylation sites (N-methyl/N-ethyl adjacent to an activating group) is 1. The first-order valence-electron chi connectivity index (χ1n) is 6.15. The van der Waals surface area contributed by atoms with E-state index in [1.54, 1.807) is 0 Å². The molecule has 1 rings (SSSR count). The van der Waals surface area contributed by atoms with Crippen molar-refractivity contribution in [2.24, 2.45) is 0 Å². The van der Waals surface area contributed by atoms with Crippen molar-refractivity contribution in [1.82, 2.24) is 10.2 Å². The molecule has 1 aliphatic rings. The van der Waals surface area contributed by atoms with E-state index in [9.17, 15) is 0 Å². The number of hydrogen-bond acceptors (Lipinski definition) is 4. The predicted molar refractivity (Wildman–Crippen MR) is 65.6 cm³/mol. The van der Waals surface area contributed by atoms with Gasteiger partial charge in [-0.1, -0.05) is 0 Å². The van der Waals surface area contributed by atoms with Crippen LogP contribution in [0.5, 0.6) is 0 Å². The van der Waals surface area contributed by atoms with Gasteiger partial charge < -0.3 is 15.2 Å². The van der Waals surface area contributed by atoms with Crippen LogP contribution in [0.1, 0.15) is 27.2 Å². The Bertz CT molecular complexity index is 209. The first-order valence-corrected chi connectivity index (χ1v) is 6.15. The Hall–Kier alpha value is -0.160. The van der Waals surface area contributed by atoms with Crippen LogP contribution in [0.3, 0.4) is 0 Å².